The van der Waals surface area contributed by atoms with Crippen molar-refractivity contribution in [3.8, 4) is 0 Å². The molecule has 0 aliphatic rings. The minimum absolute atomic E-state index is 0.178. The first-order valence-corrected chi connectivity index (χ1v) is 6.54. The Bertz CT molecular complexity index is 745. The summed E-state index contributed by atoms with van der Waals surface area (Å²) in [5.74, 6) is 0.0748. The normalized spacial score (nSPS) is 12.4. The molecule has 2 heterocycles. The molecule has 7 heteroatoms. The molecule has 1 N–H and O–H groups in total. The van der Waals surface area contributed by atoms with Gasteiger partial charge in [0.1, 0.15) is 11.8 Å². The van der Waals surface area contributed by atoms with Gasteiger partial charge in [0.15, 0.2) is 0 Å². The van der Waals surface area contributed by atoms with E-state index in [0.717, 1.165) is 0 Å². The van der Waals surface area contributed by atoms with Crippen LogP contribution in [-0.4, -0.2) is 25.6 Å². The summed E-state index contributed by atoms with van der Waals surface area (Å²) in [6.45, 7) is 6.88. The van der Waals surface area contributed by atoms with E-state index < -0.39 is 17.7 Å². The van der Waals surface area contributed by atoms with Gasteiger partial charge in [0, 0.05) is 17.0 Å². The zero-order chi connectivity index (χ0) is 15.7. The van der Waals surface area contributed by atoms with Crippen LogP contribution in [0.15, 0.2) is 15.4 Å². The number of carboxylic acid groups (broad SMARTS) is 1. The molecule has 7 nitrogen and oxygen atoms in total. The SMILES string of the molecule is Cc1cnc(C(C)n2c(C)c(CC(=O)O)c(C)nc2=O)o1. The van der Waals surface area contributed by atoms with Gasteiger partial charge in [0.2, 0.25) is 5.89 Å². The first-order valence-electron chi connectivity index (χ1n) is 6.54. The number of nitrogens with zero attached hydrogens (tertiary/aromatic N) is 3. The smallest absolute Gasteiger partial charge is 0.348 e. The van der Waals surface area contributed by atoms with Gasteiger partial charge in [-0.1, -0.05) is 0 Å². The van der Waals surface area contributed by atoms with Crippen LogP contribution in [0.1, 0.15) is 41.6 Å². The van der Waals surface area contributed by atoms with E-state index in [-0.39, 0.29) is 6.42 Å². The Hall–Kier alpha value is -2.44. The largest absolute Gasteiger partial charge is 0.481 e. The second kappa shape index (κ2) is 5.51. The number of aromatic nitrogens is 3. The summed E-state index contributed by atoms with van der Waals surface area (Å²) < 4.78 is 6.86. The molecule has 2 rings (SSSR count). The number of aryl methyl sites for hydroxylation is 2. The van der Waals surface area contributed by atoms with Crippen molar-refractivity contribution < 1.29 is 14.3 Å². The molecule has 0 aromatic carbocycles. The number of aliphatic carboxylic acids is 1. The molecular formula is C14H17N3O4. The van der Waals surface area contributed by atoms with Gasteiger partial charge in [-0.25, -0.2) is 9.78 Å². The van der Waals surface area contributed by atoms with Gasteiger partial charge in [-0.05, 0) is 27.7 Å². The predicted molar refractivity (Wildman–Crippen MR) is 74.4 cm³/mol. The highest BCUT2D eigenvalue weighted by Gasteiger charge is 2.21. The molecule has 0 fully saturated rings. The van der Waals surface area contributed by atoms with Crippen molar-refractivity contribution in [2.75, 3.05) is 0 Å². The lowest BCUT2D eigenvalue weighted by atomic mass is 10.1. The van der Waals surface area contributed by atoms with E-state index in [1.165, 1.54) is 4.57 Å². The van der Waals surface area contributed by atoms with Crippen molar-refractivity contribution >= 4 is 5.97 Å². The Morgan fingerprint density at radius 3 is 2.62 bits per heavy atom. The summed E-state index contributed by atoms with van der Waals surface area (Å²) in [5, 5.41) is 8.99. The summed E-state index contributed by atoms with van der Waals surface area (Å²) in [4.78, 5) is 31.2. The molecule has 1 unspecified atom stereocenters. The van der Waals surface area contributed by atoms with Crippen LogP contribution >= 0.6 is 0 Å². The Morgan fingerprint density at radius 1 is 1.43 bits per heavy atom. The number of carboxylic acids is 1. The highest BCUT2D eigenvalue weighted by atomic mass is 16.4. The number of hydrogen-bond donors (Lipinski definition) is 1. The third kappa shape index (κ3) is 2.86. The number of carbonyl (C=O) groups is 1. The van der Waals surface area contributed by atoms with E-state index in [1.54, 1.807) is 33.9 Å². The maximum atomic E-state index is 12.2. The third-order valence-corrected chi connectivity index (χ3v) is 3.42. The molecule has 0 saturated carbocycles. The Labute approximate surface area is 121 Å². The molecule has 0 radical (unpaired) electrons. The van der Waals surface area contributed by atoms with Crippen LogP contribution in [0, 0.1) is 20.8 Å². The van der Waals surface area contributed by atoms with Gasteiger partial charge >= 0.3 is 11.7 Å². The first-order chi connectivity index (χ1) is 9.81. The molecule has 0 aliphatic heterocycles. The molecule has 0 bridgehead atoms. The monoisotopic (exact) mass is 291 g/mol. The van der Waals surface area contributed by atoms with Crippen molar-refractivity contribution in [3.63, 3.8) is 0 Å². The molecule has 1 atom stereocenters. The van der Waals surface area contributed by atoms with Crippen LogP contribution in [-0.2, 0) is 11.2 Å². The third-order valence-electron chi connectivity index (χ3n) is 3.42. The molecule has 2 aromatic rings. The quantitative estimate of drug-likeness (QED) is 0.914. The van der Waals surface area contributed by atoms with Gasteiger partial charge in [-0.2, -0.15) is 4.98 Å². The number of oxazole rings is 1. The standard InChI is InChI=1S/C14H17N3O4/c1-7-6-15-13(21-7)10(4)17-9(3)11(5-12(18)19)8(2)16-14(17)20/h6,10H,5H2,1-4H3,(H,18,19). The zero-order valence-corrected chi connectivity index (χ0v) is 12.4. The molecule has 21 heavy (non-hydrogen) atoms. The molecule has 0 saturated heterocycles. The van der Waals surface area contributed by atoms with Crippen molar-refractivity contribution in [1.29, 1.82) is 0 Å². The predicted octanol–water partition coefficient (Wildman–Crippen LogP) is 1.39. The van der Waals surface area contributed by atoms with Crippen LogP contribution in [0.5, 0.6) is 0 Å². The molecule has 2 aromatic heterocycles. The second-order valence-electron chi connectivity index (χ2n) is 4.97. The van der Waals surface area contributed by atoms with Gasteiger partial charge in [-0.3, -0.25) is 9.36 Å². The number of hydrogen-bond acceptors (Lipinski definition) is 5. The van der Waals surface area contributed by atoms with Crippen molar-refractivity contribution in [1.82, 2.24) is 14.5 Å². The molecule has 112 valence electrons. The van der Waals surface area contributed by atoms with Crippen LogP contribution in [0.2, 0.25) is 0 Å². The summed E-state index contributed by atoms with van der Waals surface area (Å²) in [5.41, 5.74) is 1.10. The topological polar surface area (TPSA) is 98.2 Å². The van der Waals surface area contributed by atoms with E-state index in [2.05, 4.69) is 9.97 Å². The van der Waals surface area contributed by atoms with Crippen molar-refractivity contribution in [3.05, 3.63) is 45.3 Å². The summed E-state index contributed by atoms with van der Waals surface area (Å²) in [6, 6.07) is -0.452. The second-order valence-corrected chi connectivity index (χ2v) is 4.97. The average molecular weight is 291 g/mol. The fourth-order valence-corrected chi connectivity index (χ4v) is 2.35. The minimum Gasteiger partial charge on any atom is -0.481 e. The number of rotatable bonds is 4. The van der Waals surface area contributed by atoms with Crippen molar-refractivity contribution in [2.45, 2.75) is 40.2 Å². The van der Waals surface area contributed by atoms with Gasteiger partial charge in [0.05, 0.1) is 12.6 Å². The maximum Gasteiger partial charge on any atom is 0.348 e. The van der Waals surface area contributed by atoms with E-state index >= 15 is 0 Å². The molecule has 0 spiro atoms. The highest BCUT2D eigenvalue weighted by molar-refractivity contribution is 5.70. The van der Waals surface area contributed by atoms with Crippen molar-refractivity contribution in [2.24, 2.45) is 0 Å². The summed E-state index contributed by atoms with van der Waals surface area (Å²) in [7, 11) is 0. The van der Waals surface area contributed by atoms with Crippen LogP contribution in [0.4, 0.5) is 0 Å². The van der Waals surface area contributed by atoms with Gasteiger partial charge in [0.25, 0.3) is 0 Å². The van der Waals surface area contributed by atoms with E-state index in [1.807, 2.05) is 0 Å². The zero-order valence-electron chi connectivity index (χ0n) is 12.4. The van der Waals surface area contributed by atoms with E-state index in [0.29, 0.717) is 28.6 Å². The Balaban J connectivity index is 2.58. The summed E-state index contributed by atoms with van der Waals surface area (Å²) in [6.07, 6.45) is 1.40. The lowest BCUT2D eigenvalue weighted by molar-refractivity contribution is -0.136. The first kappa shape index (κ1) is 15.0. The van der Waals surface area contributed by atoms with E-state index in [4.69, 9.17) is 9.52 Å². The van der Waals surface area contributed by atoms with Gasteiger partial charge in [-0.15, -0.1) is 0 Å². The molecular weight excluding hydrogens is 274 g/mol. The lowest BCUT2D eigenvalue weighted by Crippen LogP contribution is -2.31. The lowest BCUT2D eigenvalue weighted by Gasteiger charge is -2.18. The van der Waals surface area contributed by atoms with Crippen LogP contribution in [0.25, 0.3) is 0 Å². The molecule has 0 aliphatic carbocycles. The summed E-state index contributed by atoms with van der Waals surface area (Å²) >= 11 is 0. The fourth-order valence-electron chi connectivity index (χ4n) is 2.35. The fraction of sp³-hybridized carbons (Fsp3) is 0.429. The minimum atomic E-state index is -0.965. The van der Waals surface area contributed by atoms with Gasteiger partial charge < -0.3 is 9.52 Å². The van der Waals surface area contributed by atoms with E-state index in [9.17, 15) is 9.59 Å². The van der Waals surface area contributed by atoms with Crippen LogP contribution in [0.3, 0.4) is 0 Å². The maximum absolute atomic E-state index is 12.2. The molecule has 0 amide bonds. The Kier molecular flexibility index (Phi) is 3.93. The highest BCUT2D eigenvalue weighted by Crippen LogP contribution is 2.20. The average Bonchev–Trinajstić information content (AvgIpc) is 2.80. The van der Waals surface area contributed by atoms with Crippen LogP contribution < -0.4 is 5.69 Å². The Morgan fingerprint density at radius 2 is 2.10 bits per heavy atom.